The van der Waals surface area contributed by atoms with E-state index in [9.17, 15) is 9.59 Å². The summed E-state index contributed by atoms with van der Waals surface area (Å²) in [6.07, 6.45) is 4.10. The normalized spacial score (nSPS) is 13.2. The highest BCUT2D eigenvalue weighted by Crippen LogP contribution is 2.26. The minimum Gasteiger partial charge on any atom is -0.404 e. The van der Waals surface area contributed by atoms with Gasteiger partial charge >= 0.3 is 0 Å². The summed E-state index contributed by atoms with van der Waals surface area (Å²) in [5, 5.41) is 8.12. The monoisotopic (exact) mass is 635 g/mol. The van der Waals surface area contributed by atoms with Crippen molar-refractivity contribution in [3.63, 3.8) is 0 Å². The molecule has 3 heterocycles. The van der Waals surface area contributed by atoms with Gasteiger partial charge in [-0.05, 0) is 73.9 Å². The van der Waals surface area contributed by atoms with Gasteiger partial charge in [0.1, 0.15) is 5.82 Å². The number of halogens is 1. The number of rotatable bonds is 6. The Morgan fingerprint density at radius 3 is 2.44 bits per heavy atom. The molecule has 1 aliphatic rings. The molecule has 2 aromatic heterocycles. The molecule has 0 radical (unpaired) electrons. The van der Waals surface area contributed by atoms with Crippen molar-refractivity contribution in [1.29, 1.82) is 0 Å². The van der Waals surface area contributed by atoms with Crippen molar-refractivity contribution in [2.45, 2.75) is 33.2 Å². The first-order valence-corrected chi connectivity index (χ1v) is 14.8. The van der Waals surface area contributed by atoms with E-state index in [4.69, 9.17) is 10.7 Å². The number of aryl methyl sites for hydroxylation is 2. The van der Waals surface area contributed by atoms with Crippen molar-refractivity contribution in [1.82, 2.24) is 29.4 Å². The number of amides is 1. The Labute approximate surface area is 257 Å². The van der Waals surface area contributed by atoms with Crippen molar-refractivity contribution in [2.75, 3.05) is 6.54 Å². The van der Waals surface area contributed by atoms with Crippen molar-refractivity contribution in [2.24, 2.45) is 5.73 Å². The van der Waals surface area contributed by atoms with E-state index in [0.717, 1.165) is 27.0 Å². The van der Waals surface area contributed by atoms with Crippen LogP contribution in [0.4, 0.5) is 0 Å². The van der Waals surface area contributed by atoms with Gasteiger partial charge in [-0.15, -0.1) is 5.10 Å². The third kappa shape index (κ3) is 5.53. The van der Waals surface area contributed by atoms with Crippen LogP contribution in [0.25, 0.3) is 16.9 Å². The van der Waals surface area contributed by atoms with Crippen LogP contribution in [0.5, 0.6) is 0 Å². The molecule has 0 aliphatic carbocycles. The molecule has 0 saturated heterocycles. The quantitative estimate of drug-likeness (QED) is 0.283. The number of allylic oxidation sites excluding steroid dienone is 1. The SMILES string of the molecule is Cc1cc(C(=O)N2CCc3c(nc(C(=CN)Cc4ccccc4)n(-c4ccc(-n5nncc5C)cc4)c3=O)C2)ccc1Br. The van der Waals surface area contributed by atoms with Crippen molar-refractivity contribution in [3.05, 3.63) is 139 Å². The maximum absolute atomic E-state index is 14.2. The van der Waals surface area contributed by atoms with Gasteiger partial charge in [-0.2, -0.15) is 0 Å². The number of hydrogen-bond donors (Lipinski definition) is 1. The second-order valence-corrected chi connectivity index (χ2v) is 11.5. The molecule has 0 bridgehead atoms. The molecule has 1 amide bonds. The first kappa shape index (κ1) is 28.3. The number of aromatic nitrogens is 5. The molecular formula is C33H30BrN7O2. The molecule has 9 nitrogen and oxygen atoms in total. The van der Waals surface area contributed by atoms with E-state index in [0.29, 0.717) is 53.3 Å². The van der Waals surface area contributed by atoms with E-state index in [1.54, 1.807) is 20.3 Å². The first-order valence-electron chi connectivity index (χ1n) is 14.0. The molecule has 0 fully saturated rings. The Kier molecular flexibility index (Phi) is 7.77. The Morgan fingerprint density at radius 2 is 1.77 bits per heavy atom. The summed E-state index contributed by atoms with van der Waals surface area (Å²) in [4.78, 5) is 34.5. The molecule has 3 aromatic carbocycles. The van der Waals surface area contributed by atoms with Crippen LogP contribution in [0, 0.1) is 13.8 Å². The maximum Gasteiger partial charge on any atom is 0.261 e. The van der Waals surface area contributed by atoms with Crippen LogP contribution in [0.1, 0.15) is 44.3 Å². The van der Waals surface area contributed by atoms with Crippen LogP contribution in [-0.4, -0.2) is 41.9 Å². The molecule has 216 valence electrons. The third-order valence-corrected chi connectivity index (χ3v) is 8.61. The summed E-state index contributed by atoms with van der Waals surface area (Å²) in [6.45, 7) is 4.54. The minimum absolute atomic E-state index is 0.0911. The maximum atomic E-state index is 14.2. The van der Waals surface area contributed by atoms with Crippen LogP contribution in [0.2, 0.25) is 0 Å². The number of nitrogens with zero attached hydrogens (tertiary/aromatic N) is 6. The van der Waals surface area contributed by atoms with E-state index in [1.807, 2.05) is 86.6 Å². The zero-order valence-electron chi connectivity index (χ0n) is 23.9. The Morgan fingerprint density at radius 1 is 1.02 bits per heavy atom. The predicted molar refractivity (Wildman–Crippen MR) is 169 cm³/mol. The largest absolute Gasteiger partial charge is 0.404 e. The van der Waals surface area contributed by atoms with Crippen LogP contribution in [0.15, 0.2) is 94.5 Å². The van der Waals surface area contributed by atoms with Gasteiger partial charge in [0.25, 0.3) is 11.5 Å². The summed E-state index contributed by atoms with van der Waals surface area (Å²) >= 11 is 3.50. The summed E-state index contributed by atoms with van der Waals surface area (Å²) < 4.78 is 4.31. The molecule has 0 unspecified atom stereocenters. The fourth-order valence-electron chi connectivity index (χ4n) is 5.39. The Hall–Kier alpha value is -4.83. The molecule has 43 heavy (non-hydrogen) atoms. The zero-order valence-corrected chi connectivity index (χ0v) is 25.5. The lowest BCUT2D eigenvalue weighted by atomic mass is 10.0. The smallest absolute Gasteiger partial charge is 0.261 e. The Balaban J connectivity index is 1.43. The van der Waals surface area contributed by atoms with E-state index in [1.165, 1.54) is 6.20 Å². The number of carbonyl (C=O) groups is 1. The lowest BCUT2D eigenvalue weighted by Crippen LogP contribution is -2.41. The van der Waals surface area contributed by atoms with Gasteiger partial charge < -0.3 is 10.6 Å². The van der Waals surface area contributed by atoms with Gasteiger partial charge in [0.15, 0.2) is 0 Å². The van der Waals surface area contributed by atoms with Crippen molar-refractivity contribution >= 4 is 27.4 Å². The van der Waals surface area contributed by atoms with Crippen molar-refractivity contribution < 1.29 is 4.79 Å². The fourth-order valence-corrected chi connectivity index (χ4v) is 5.64. The van der Waals surface area contributed by atoms with Gasteiger partial charge in [-0.25, -0.2) is 9.67 Å². The zero-order chi connectivity index (χ0) is 30.1. The average molecular weight is 637 g/mol. The number of nitrogens with two attached hydrogens (primary N) is 1. The summed E-state index contributed by atoms with van der Waals surface area (Å²) in [7, 11) is 0. The van der Waals surface area contributed by atoms with Crippen molar-refractivity contribution in [3.8, 4) is 11.4 Å². The summed E-state index contributed by atoms with van der Waals surface area (Å²) in [6, 6.07) is 23.0. The summed E-state index contributed by atoms with van der Waals surface area (Å²) in [5.41, 5.74) is 12.9. The van der Waals surface area contributed by atoms with Gasteiger partial charge in [-0.3, -0.25) is 14.2 Å². The van der Waals surface area contributed by atoms with E-state index < -0.39 is 0 Å². The third-order valence-electron chi connectivity index (χ3n) is 7.72. The molecule has 6 rings (SSSR count). The minimum atomic E-state index is -0.163. The highest BCUT2D eigenvalue weighted by molar-refractivity contribution is 9.10. The predicted octanol–water partition coefficient (Wildman–Crippen LogP) is 4.93. The van der Waals surface area contributed by atoms with E-state index >= 15 is 0 Å². The number of carbonyl (C=O) groups excluding carboxylic acids is 1. The standard InChI is InChI=1S/C33H30BrN7O2/c1-21-16-24(8-13-29(21)34)32(42)39-15-14-28-30(20-39)37-31(25(18-35)17-23-6-4-3-5-7-23)40(33(28)43)26-9-11-27(12-10-26)41-22(2)19-36-38-41/h3-13,16,18-19H,14-15,17,20,35H2,1-2H3. The van der Waals surface area contributed by atoms with Crippen LogP contribution in [-0.2, 0) is 19.4 Å². The number of hydrogen-bond acceptors (Lipinski definition) is 6. The Bertz CT molecular complexity index is 1910. The van der Waals surface area contributed by atoms with Gasteiger partial charge in [-0.1, -0.05) is 51.5 Å². The second-order valence-electron chi connectivity index (χ2n) is 10.6. The lowest BCUT2D eigenvalue weighted by Gasteiger charge is -2.29. The van der Waals surface area contributed by atoms with Crippen LogP contribution in [0.3, 0.4) is 0 Å². The molecule has 5 aromatic rings. The lowest BCUT2D eigenvalue weighted by molar-refractivity contribution is 0.0731. The van der Waals surface area contributed by atoms with Gasteiger partial charge in [0, 0.05) is 40.3 Å². The fraction of sp³-hybridized carbons (Fsp3) is 0.182. The molecular weight excluding hydrogens is 606 g/mol. The van der Waals surface area contributed by atoms with Crippen LogP contribution < -0.4 is 11.3 Å². The average Bonchev–Trinajstić information content (AvgIpc) is 3.46. The molecule has 0 atom stereocenters. The van der Waals surface area contributed by atoms with Crippen LogP contribution >= 0.6 is 15.9 Å². The first-order chi connectivity index (χ1) is 20.8. The summed E-state index contributed by atoms with van der Waals surface area (Å²) in [5.74, 6) is 0.361. The van der Waals surface area contributed by atoms with Gasteiger partial charge in [0.2, 0.25) is 0 Å². The molecule has 0 saturated carbocycles. The highest BCUT2D eigenvalue weighted by atomic mass is 79.9. The molecule has 0 spiro atoms. The number of fused-ring (bicyclic) bond motifs is 1. The van der Waals surface area contributed by atoms with E-state index in [-0.39, 0.29) is 18.0 Å². The molecule has 1 aliphatic heterocycles. The van der Waals surface area contributed by atoms with Gasteiger partial charge in [0.05, 0.1) is 35.5 Å². The van der Waals surface area contributed by atoms with E-state index in [2.05, 4.69) is 26.2 Å². The molecule has 2 N–H and O–H groups in total. The number of benzene rings is 3. The second kappa shape index (κ2) is 11.8. The highest BCUT2D eigenvalue weighted by Gasteiger charge is 2.28. The molecule has 10 heteroatoms. The topological polar surface area (TPSA) is 112 Å².